The van der Waals surface area contributed by atoms with E-state index >= 15 is 0 Å². The molecule has 4 rings (SSSR count). The highest BCUT2D eigenvalue weighted by atomic mass is 19.4. The molecule has 0 aliphatic carbocycles. The number of piperazine rings is 1. The number of amides is 1. The summed E-state index contributed by atoms with van der Waals surface area (Å²) in [6.07, 6.45) is -4.44. The Hall–Kier alpha value is -3.07. The van der Waals surface area contributed by atoms with Gasteiger partial charge >= 0.3 is 6.18 Å². The first-order valence-electron chi connectivity index (χ1n) is 10.4. The van der Waals surface area contributed by atoms with Crippen LogP contribution in [0.1, 0.15) is 33.1 Å². The number of benzene rings is 1. The Kier molecular flexibility index (Phi) is 5.85. The molecule has 1 fully saturated rings. The van der Waals surface area contributed by atoms with E-state index < -0.39 is 11.7 Å². The maximum atomic E-state index is 13.0. The molecule has 1 saturated heterocycles. The Bertz CT molecular complexity index is 1120. The smallest absolute Gasteiger partial charge is 0.416 e. The number of nitrogens with zero attached hydrogens (tertiary/aromatic N) is 4. The van der Waals surface area contributed by atoms with Crippen molar-refractivity contribution in [2.75, 3.05) is 26.2 Å². The van der Waals surface area contributed by atoms with Crippen LogP contribution in [0.3, 0.4) is 0 Å². The molecule has 1 aliphatic rings. The van der Waals surface area contributed by atoms with Crippen molar-refractivity contribution < 1.29 is 22.4 Å². The van der Waals surface area contributed by atoms with E-state index in [2.05, 4.69) is 10.00 Å². The molecule has 0 unspecified atom stereocenters. The van der Waals surface area contributed by atoms with Crippen LogP contribution in [-0.2, 0) is 19.8 Å². The van der Waals surface area contributed by atoms with E-state index in [0.29, 0.717) is 13.1 Å². The maximum Gasteiger partial charge on any atom is 0.416 e. The summed E-state index contributed by atoms with van der Waals surface area (Å²) in [5.41, 5.74) is 2.89. The van der Waals surface area contributed by atoms with Gasteiger partial charge in [-0.25, -0.2) is 0 Å². The number of carbonyl (C=O) groups excluding carboxylic acids is 1. The molecule has 0 radical (unpaired) electrons. The summed E-state index contributed by atoms with van der Waals surface area (Å²) in [4.78, 5) is 16.9. The van der Waals surface area contributed by atoms with Gasteiger partial charge in [-0.2, -0.15) is 18.3 Å². The van der Waals surface area contributed by atoms with Crippen LogP contribution in [-0.4, -0.2) is 51.7 Å². The van der Waals surface area contributed by atoms with Crippen molar-refractivity contribution in [2.45, 2.75) is 26.6 Å². The van der Waals surface area contributed by atoms with E-state index in [-0.39, 0.29) is 23.0 Å². The Morgan fingerprint density at radius 1 is 1.09 bits per heavy atom. The van der Waals surface area contributed by atoms with Gasteiger partial charge in [0.15, 0.2) is 5.76 Å². The molecule has 3 heterocycles. The van der Waals surface area contributed by atoms with Crippen LogP contribution >= 0.6 is 0 Å². The molecular formula is C23H25F3N4O2. The number of hydrogen-bond acceptors (Lipinski definition) is 4. The van der Waals surface area contributed by atoms with Crippen molar-refractivity contribution in [1.29, 1.82) is 0 Å². The molecule has 0 saturated carbocycles. The van der Waals surface area contributed by atoms with Crippen molar-refractivity contribution in [1.82, 2.24) is 19.6 Å². The van der Waals surface area contributed by atoms with E-state index in [1.54, 1.807) is 4.90 Å². The molecule has 9 heteroatoms. The number of hydrogen-bond donors (Lipinski definition) is 0. The topological polar surface area (TPSA) is 54.5 Å². The predicted molar refractivity (Wildman–Crippen MR) is 113 cm³/mol. The first kappa shape index (κ1) is 22.1. The first-order valence-corrected chi connectivity index (χ1v) is 10.4. The van der Waals surface area contributed by atoms with Crippen LogP contribution in [0.5, 0.6) is 0 Å². The van der Waals surface area contributed by atoms with Crippen LogP contribution in [0.4, 0.5) is 13.2 Å². The second-order valence-corrected chi connectivity index (χ2v) is 8.08. The van der Waals surface area contributed by atoms with Crippen LogP contribution < -0.4 is 0 Å². The van der Waals surface area contributed by atoms with E-state index in [9.17, 15) is 18.0 Å². The van der Waals surface area contributed by atoms with Gasteiger partial charge in [0, 0.05) is 56.6 Å². The molecule has 1 aliphatic heterocycles. The highest BCUT2D eigenvalue weighted by molar-refractivity contribution is 5.92. The fourth-order valence-corrected chi connectivity index (χ4v) is 3.99. The summed E-state index contributed by atoms with van der Waals surface area (Å²) in [6.45, 7) is 7.39. The van der Waals surface area contributed by atoms with E-state index in [1.807, 2.05) is 25.6 Å². The molecule has 0 spiro atoms. The first-order chi connectivity index (χ1) is 15.1. The second-order valence-electron chi connectivity index (χ2n) is 8.08. The summed E-state index contributed by atoms with van der Waals surface area (Å²) in [5.74, 6) is 0.113. The number of carbonyl (C=O) groups is 1. The van der Waals surface area contributed by atoms with Crippen LogP contribution in [0.2, 0.25) is 0 Å². The number of aromatic nitrogens is 2. The van der Waals surface area contributed by atoms with Crippen molar-refractivity contribution in [2.24, 2.45) is 7.05 Å². The minimum atomic E-state index is -4.44. The van der Waals surface area contributed by atoms with Crippen LogP contribution in [0, 0.1) is 13.8 Å². The number of rotatable bonds is 4. The number of alkyl halides is 3. The molecule has 0 atom stereocenters. The number of aryl methyl sites for hydroxylation is 2. The van der Waals surface area contributed by atoms with E-state index in [0.717, 1.165) is 43.2 Å². The summed E-state index contributed by atoms with van der Waals surface area (Å²) in [7, 11) is 1.93. The maximum absolute atomic E-state index is 13.0. The summed E-state index contributed by atoms with van der Waals surface area (Å²) < 4.78 is 46.4. The molecule has 2 aromatic heterocycles. The van der Waals surface area contributed by atoms with Gasteiger partial charge < -0.3 is 9.32 Å². The zero-order valence-corrected chi connectivity index (χ0v) is 18.2. The van der Waals surface area contributed by atoms with Gasteiger partial charge in [0.25, 0.3) is 5.91 Å². The summed E-state index contributed by atoms with van der Waals surface area (Å²) >= 11 is 0. The Morgan fingerprint density at radius 3 is 2.44 bits per heavy atom. The average Bonchev–Trinajstić information content (AvgIpc) is 3.34. The van der Waals surface area contributed by atoms with Gasteiger partial charge in [0.05, 0.1) is 11.3 Å². The lowest BCUT2D eigenvalue weighted by molar-refractivity contribution is -0.137. The van der Waals surface area contributed by atoms with Crippen molar-refractivity contribution in [3.05, 3.63) is 64.7 Å². The van der Waals surface area contributed by atoms with Crippen LogP contribution in [0.25, 0.3) is 11.3 Å². The van der Waals surface area contributed by atoms with E-state index in [1.165, 1.54) is 29.8 Å². The molecule has 3 aromatic rings. The van der Waals surface area contributed by atoms with Crippen molar-refractivity contribution >= 4 is 5.91 Å². The molecule has 32 heavy (non-hydrogen) atoms. The number of halogens is 3. The van der Waals surface area contributed by atoms with Crippen LogP contribution in [0.15, 0.2) is 40.8 Å². The third-order valence-electron chi connectivity index (χ3n) is 5.99. The highest BCUT2D eigenvalue weighted by Crippen LogP contribution is 2.32. The average molecular weight is 446 g/mol. The largest absolute Gasteiger partial charge is 0.451 e. The third kappa shape index (κ3) is 4.43. The summed E-state index contributed by atoms with van der Waals surface area (Å²) in [5, 5.41) is 4.46. The Morgan fingerprint density at radius 2 is 1.81 bits per heavy atom. The summed E-state index contributed by atoms with van der Waals surface area (Å²) in [6, 6.07) is 7.94. The molecule has 170 valence electrons. The fraction of sp³-hybridized carbons (Fsp3) is 0.391. The third-order valence-corrected chi connectivity index (χ3v) is 5.99. The Balaban J connectivity index is 1.40. The highest BCUT2D eigenvalue weighted by Gasteiger charge is 2.31. The number of furan rings is 1. The molecule has 0 N–H and O–H groups in total. The van der Waals surface area contributed by atoms with Crippen molar-refractivity contribution in [3.8, 4) is 11.3 Å². The molecule has 1 aromatic carbocycles. The Labute approximate surface area is 184 Å². The van der Waals surface area contributed by atoms with Gasteiger partial charge in [-0.15, -0.1) is 0 Å². The predicted octanol–water partition coefficient (Wildman–Crippen LogP) is 4.27. The monoisotopic (exact) mass is 446 g/mol. The molecular weight excluding hydrogens is 421 g/mol. The van der Waals surface area contributed by atoms with Gasteiger partial charge in [-0.3, -0.25) is 14.4 Å². The van der Waals surface area contributed by atoms with Gasteiger partial charge in [0.1, 0.15) is 5.76 Å². The minimum Gasteiger partial charge on any atom is -0.451 e. The van der Waals surface area contributed by atoms with Gasteiger partial charge in [0.2, 0.25) is 0 Å². The quantitative estimate of drug-likeness (QED) is 0.601. The fourth-order valence-electron chi connectivity index (χ4n) is 3.99. The second kappa shape index (κ2) is 8.46. The lowest BCUT2D eigenvalue weighted by Gasteiger charge is -2.34. The van der Waals surface area contributed by atoms with Crippen molar-refractivity contribution in [3.63, 3.8) is 0 Å². The standard InChI is InChI=1S/C23H25F3N4O2/c1-15-19(16(2)28(3)27-15)14-29-9-11-30(12-10-29)22(31)21-8-7-20(32-21)17-5-4-6-18(13-17)23(24,25)26/h4-8,13H,9-12,14H2,1-3H3. The van der Waals surface area contributed by atoms with E-state index in [4.69, 9.17) is 4.42 Å². The lowest BCUT2D eigenvalue weighted by Crippen LogP contribution is -2.48. The molecule has 1 amide bonds. The van der Waals surface area contributed by atoms with Gasteiger partial charge in [-0.05, 0) is 38.1 Å². The molecule has 0 bridgehead atoms. The normalized spacial score (nSPS) is 15.4. The molecule has 6 nitrogen and oxygen atoms in total. The zero-order valence-electron chi connectivity index (χ0n) is 18.2. The lowest BCUT2D eigenvalue weighted by atomic mass is 10.1. The zero-order chi connectivity index (χ0) is 23.0. The van der Waals surface area contributed by atoms with Gasteiger partial charge in [-0.1, -0.05) is 12.1 Å². The SMILES string of the molecule is Cc1nn(C)c(C)c1CN1CCN(C(=O)c2ccc(-c3cccc(C(F)(F)F)c3)o2)CC1. The minimum absolute atomic E-state index is 0.129.